The van der Waals surface area contributed by atoms with Crippen molar-refractivity contribution in [3.05, 3.63) is 41.7 Å². The highest BCUT2D eigenvalue weighted by Gasteiger charge is 2.09. The van der Waals surface area contributed by atoms with Gasteiger partial charge in [0.25, 0.3) is 5.91 Å². The Labute approximate surface area is 115 Å². The Morgan fingerprint density at radius 1 is 1.37 bits per heavy atom. The molecule has 0 fully saturated rings. The number of nitrogens with zero attached hydrogens (tertiary/aromatic N) is 2. The van der Waals surface area contributed by atoms with Crippen LogP contribution >= 0.6 is 11.8 Å². The van der Waals surface area contributed by atoms with Crippen molar-refractivity contribution < 1.29 is 4.79 Å². The minimum atomic E-state index is -0.146. The average Bonchev–Trinajstić information content (AvgIpc) is 2.40. The van der Waals surface area contributed by atoms with Gasteiger partial charge in [0.05, 0.1) is 0 Å². The van der Waals surface area contributed by atoms with Gasteiger partial charge >= 0.3 is 0 Å². The highest BCUT2D eigenvalue weighted by Crippen LogP contribution is 2.30. The Balaban J connectivity index is 2.31. The number of carbonyl (C=O) groups excluding carboxylic acids is 1. The number of nitrogens with one attached hydrogen (secondary N) is 1. The molecule has 1 amide bonds. The van der Waals surface area contributed by atoms with Gasteiger partial charge < -0.3 is 11.1 Å². The van der Waals surface area contributed by atoms with Crippen LogP contribution in [0.2, 0.25) is 0 Å². The molecular weight excluding hydrogens is 260 g/mol. The third kappa shape index (κ3) is 3.23. The maximum atomic E-state index is 11.6. The Kier molecular flexibility index (Phi) is 4.01. The molecule has 6 heteroatoms. The topological polar surface area (TPSA) is 80.9 Å². The Morgan fingerprint density at radius 3 is 2.84 bits per heavy atom. The largest absolute Gasteiger partial charge is 0.398 e. The molecule has 0 saturated carbocycles. The molecule has 3 N–H and O–H groups in total. The van der Waals surface area contributed by atoms with Crippen LogP contribution in [0.5, 0.6) is 0 Å². The van der Waals surface area contributed by atoms with Crippen LogP contribution in [0.25, 0.3) is 0 Å². The summed E-state index contributed by atoms with van der Waals surface area (Å²) < 4.78 is 0. The summed E-state index contributed by atoms with van der Waals surface area (Å²) in [5, 5.41) is 3.19. The van der Waals surface area contributed by atoms with Crippen LogP contribution in [0.1, 0.15) is 16.1 Å². The molecule has 0 aliphatic heterocycles. The summed E-state index contributed by atoms with van der Waals surface area (Å²) in [7, 11) is 1.59. The van der Waals surface area contributed by atoms with E-state index < -0.39 is 0 Å². The van der Waals surface area contributed by atoms with Gasteiger partial charge in [-0.1, -0.05) is 0 Å². The zero-order chi connectivity index (χ0) is 13.8. The number of anilines is 1. The predicted octanol–water partition coefficient (Wildman–Crippen LogP) is 1.88. The minimum absolute atomic E-state index is 0.146. The van der Waals surface area contributed by atoms with Gasteiger partial charge in [0.1, 0.15) is 0 Å². The molecule has 0 atom stereocenters. The van der Waals surface area contributed by atoms with Crippen molar-refractivity contribution in [2.45, 2.75) is 17.0 Å². The quantitative estimate of drug-likeness (QED) is 0.659. The molecule has 0 aliphatic carbocycles. The first-order valence-electron chi connectivity index (χ1n) is 5.69. The van der Waals surface area contributed by atoms with Crippen LogP contribution in [0, 0.1) is 6.92 Å². The standard InChI is InChI=1S/C13H14N4OS/c1-8-5-6-16-13(17-8)19-11-7-9(12(18)15-2)3-4-10(11)14/h3-7H,14H2,1-2H3,(H,15,18). The maximum Gasteiger partial charge on any atom is 0.251 e. The van der Waals surface area contributed by atoms with Crippen LogP contribution in [0.15, 0.2) is 40.5 Å². The Morgan fingerprint density at radius 2 is 2.16 bits per heavy atom. The van der Waals surface area contributed by atoms with E-state index in [1.54, 1.807) is 31.4 Å². The van der Waals surface area contributed by atoms with Crippen molar-refractivity contribution in [3.8, 4) is 0 Å². The summed E-state index contributed by atoms with van der Waals surface area (Å²) in [5.41, 5.74) is 7.96. The molecule has 0 unspecified atom stereocenters. The van der Waals surface area contributed by atoms with Crippen molar-refractivity contribution in [1.82, 2.24) is 15.3 Å². The molecule has 5 nitrogen and oxygen atoms in total. The lowest BCUT2D eigenvalue weighted by atomic mass is 10.2. The zero-order valence-electron chi connectivity index (χ0n) is 10.7. The number of aromatic nitrogens is 2. The first-order valence-corrected chi connectivity index (χ1v) is 6.51. The van der Waals surface area contributed by atoms with Crippen LogP contribution in [0.4, 0.5) is 5.69 Å². The molecule has 1 heterocycles. The second-order valence-corrected chi connectivity index (χ2v) is 4.92. The van der Waals surface area contributed by atoms with E-state index in [9.17, 15) is 4.79 Å². The summed E-state index contributed by atoms with van der Waals surface area (Å²) in [6, 6.07) is 6.97. The normalized spacial score (nSPS) is 10.2. The van der Waals surface area contributed by atoms with Gasteiger partial charge in [-0.2, -0.15) is 0 Å². The van der Waals surface area contributed by atoms with Crippen molar-refractivity contribution in [3.63, 3.8) is 0 Å². The molecular formula is C13H14N4OS. The minimum Gasteiger partial charge on any atom is -0.398 e. The molecule has 0 bridgehead atoms. The van der Waals surface area contributed by atoms with Crippen molar-refractivity contribution >= 4 is 23.4 Å². The second-order valence-electron chi connectivity index (χ2n) is 3.91. The number of hydrogen-bond donors (Lipinski definition) is 2. The van der Waals surface area contributed by atoms with E-state index in [1.165, 1.54) is 11.8 Å². The van der Waals surface area contributed by atoms with Crippen LogP contribution in [-0.4, -0.2) is 22.9 Å². The van der Waals surface area contributed by atoms with Gasteiger partial charge in [-0.25, -0.2) is 9.97 Å². The SMILES string of the molecule is CNC(=O)c1ccc(N)c(Sc2nccc(C)n2)c1. The lowest BCUT2D eigenvalue weighted by molar-refractivity contribution is 0.0963. The average molecular weight is 274 g/mol. The van der Waals surface area contributed by atoms with E-state index in [1.807, 2.05) is 13.0 Å². The zero-order valence-corrected chi connectivity index (χ0v) is 11.5. The lowest BCUT2D eigenvalue weighted by Gasteiger charge is -2.07. The fourth-order valence-electron chi connectivity index (χ4n) is 1.48. The summed E-state index contributed by atoms with van der Waals surface area (Å²) in [6.07, 6.45) is 1.70. The third-order valence-corrected chi connectivity index (χ3v) is 3.43. The molecule has 1 aromatic heterocycles. The Hall–Kier alpha value is -2.08. The molecule has 0 spiro atoms. The molecule has 0 aliphatic rings. The van der Waals surface area contributed by atoms with Gasteiger partial charge in [-0.3, -0.25) is 4.79 Å². The highest BCUT2D eigenvalue weighted by molar-refractivity contribution is 7.99. The molecule has 2 aromatic rings. The van der Waals surface area contributed by atoms with Crippen LogP contribution in [0.3, 0.4) is 0 Å². The van der Waals surface area contributed by atoms with E-state index in [2.05, 4.69) is 15.3 Å². The maximum absolute atomic E-state index is 11.6. The molecule has 0 radical (unpaired) electrons. The van der Waals surface area contributed by atoms with Gasteiger partial charge in [-0.15, -0.1) is 0 Å². The van der Waals surface area contributed by atoms with E-state index in [0.717, 1.165) is 10.6 Å². The summed E-state index contributed by atoms with van der Waals surface area (Å²) in [4.78, 5) is 20.8. The molecule has 98 valence electrons. The van der Waals surface area contributed by atoms with E-state index in [0.29, 0.717) is 16.4 Å². The fourth-order valence-corrected chi connectivity index (χ4v) is 2.35. The number of nitrogens with two attached hydrogens (primary N) is 1. The first-order chi connectivity index (χ1) is 9.10. The monoisotopic (exact) mass is 274 g/mol. The number of amides is 1. The van der Waals surface area contributed by atoms with Crippen molar-refractivity contribution in [2.24, 2.45) is 0 Å². The van der Waals surface area contributed by atoms with Crippen LogP contribution < -0.4 is 11.1 Å². The number of benzene rings is 1. The lowest BCUT2D eigenvalue weighted by Crippen LogP contribution is -2.17. The number of carbonyl (C=O) groups is 1. The fraction of sp³-hybridized carbons (Fsp3) is 0.154. The summed E-state index contributed by atoms with van der Waals surface area (Å²) >= 11 is 1.34. The Bertz CT molecular complexity index is 615. The molecule has 19 heavy (non-hydrogen) atoms. The highest BCUT2D eigenvalue weighted by atomic mass is 32.2. The van der Waals surface area contributed by atoms with Gasteiger partial charge in [0.15, 0.2) is 5.16 Å². The number of nitrogen functional groups attached to an aromatic ring is 1. The summed E-state index contributed by atoms with van der Waals surface area (Å²) in [5.74, 6) is -0.146. The van der Waals surface area contributed by atoms with Gasteiger partial charge in [0.2, 0.25) is 0 Å². The van der Waals surface area contributed by atoms with E-state index in [4.69, 9.17) is 5.73 Å². The van der Waals surface area contributed by atoms with Crippen molar-refractivity contribution in [1.29, 1.82) is 0 Å². The van der Waals surface area contributed by atoms with Gasteiger partial charge in [-0.05, 0) is 43.0 Å². The van der Waals surface area contributed by atoms with Gasteiger partial charge in [0, 0.05) is 35.1 Å². The van der Waals surface area contributed by atoms with E-state index in [-0.39, 0.29) is 5.91 Å². The molecule has 1 aromatic carbocycles. The first kappa shape index (κ1) is 13.4. The van der Waals surface area contributed by atoms with Crippen LogP contribution in [-0.2, 0) is 0 Å². The molecule has 2 rings (SSSR count). The van der Waals surface area contributed by atoms with E-state index >= 15 is 0 Å². The summed E-state index contributed by atoms with van der Waals surface area (Å²) in [6.45, 7) is 1.90. The number of rotatable bonds is 3. The number of hydrogen-bond acceptors (Lipinski definition) is 5. The third-order valence-electron chi connectivity index (χ3n) is 2.48. The second kappa shape index (κ2) is 5.71. The smallest absolute Gasteiger partial charge is 0.251 e. The number of aryl methyl sites for hydroxylation is 1. The predicted molar refractivity (Wildman–Crippen MR) is 75.1 cm³/mol. The van der Waals surface area contributed by atoms with Crippen molar-refractivity contribution in [2.75, 3.05) is 12.8 Å². The molecule has 0 saturated heterocycles.